The summed E-state index contributed by atoms with van der Waals surface area (Å²) in [6.07, 6.45) is 0.810. The molecule has 1 heterocycles. The minimum absolute atomic E-state index is 0.171. The van der Waals surface area contributed by atoms with Gasteiger partial charge in [-0.15, -0.1) is 22.0 Å². The lowest BCUT2D eigenvalue weighted by atomic mass is 10.1. The maximum Gasteiger partial charge on any atom is 0.247 e. The van der Waals surface area contributed by atoms with Gasteiger partial charge in [-0.1, -0.05) is 25.1 Å². The van der Waals surface area contributed by atoms with Gasteiger partial charge in [0.2, 0.25) is 11.8 Å². The van der Waals surface area contributed by atoms with Crippen LogP contribution in [0.15, 0.2) is 46.9 Å². The van der Waals surface area contributed by atoms with E-state index in [1.165, 1.54) is 6.07 Å². The Bertz CT molecular complexity index is 964. The number of hydrogen-bond donors (Lipinski definition) is 1. The zero-order valence-electron chi connectivity index (χ0n) is 17.3. The minimum Gasteiger partial charge on any atom is -0.508 e. The molecule has 2 aromatic carbocycles. The molecule has 0 spiro atoms. The number of halogens is 1. The first-order valence-electron chi connectivity index (χ1n) is 9.80. The van der Waals surface area contributed by atoms with E-state index in [-0.39, 0.29) is 22.6 Å². The maximum atomic E-state index is 14.5. The second-order valence-electron chi connectivity index (χ2n) is 6.99. The van der Waals surface area contributed by atoms with Gasteiger partial charge in [-0.05, 0) is 50.5 Å². The Labute approximate surface area is 180 Å². The Morgan fingerprint density at radius 3 is 2.70 bits per heavy atom. The van der Waals surface area contributed by atoms with E-state index in [0.29, 0.717) is 23.6 Å². The van der Waals surface area contributed by atoms with Crippen molar-refractivity contribution in [1.29, 1.82) is 0 Å². The molecule has 0 aliphatic rings. The number of thioether (sulfide) groups is 1. The van der Waals surface area contributed by atoms with Crippen molar-refractivity contribution in [2.45, 2.75) is 18.6 Å². The number of benzene rings is 2. The number of nitrogens with zero attached hydrogens (tertiary/aromatic N) is 3. The summed E-state index contributed by atoms with van der Waals surface area (Å²) in [7, 11) is 3.97. The summed E-state index contributed by atoms with van der Waals surface area (Å²) in [6.45, 7) is 3.33. The molecule has 0 fully saturated rings. The summed E-state index contributed by atoms with van der Waals surface area (Å²) in [5.74, 6) is 1.28. The van der Waals surface area contributed by atoms with Crippen molar-refractivity contribution < 1.29 is 18.7 Å². The Hall–Kier alpha value is -2.58. The molecule has 0 saturated carbocycles. The first-order valence-corrected chi connectivity index (χ1v) is 10.8. The molecule has 30 heavy (non-hydrogen) atoms. The first-order chi connectivity index (χ1) is 14.5. The van der Waals surface area contributed by atoms with Crippen LogP contribution in [-0.4, -0.2) is 53.2 Å². The van der Waals surface area contributed by atoms with Crippen LogP contribution >= 0.6 is 11.8 Å². The highest BCUT2D eigenvalue weighted by Gasteiger charge is 2.24. The fourth-order valence-corrected chi connectivity index (χ4v) is 3.89. The predicted molar refractivity (Wildman–Crippen MR) is 116 cm³/mol. The number of hydrogen-bond acceptors (Lipinski definition) is 7. The average Bonchev–Trinajstić information content (AvgIpc) is 3.21. The number of ether oxygens (including phenoxy) is 1. The van der Waals surface area contributed by atoms with Crippen molar-refractivity contribution >= 4 is 11.8 Å². The number of phenolic OH excluding ortho intramolecular Hbond substituents is 1. The Morgan fingerprint density at radius 2 is 2.00 bits per heavy atom. The highest BCUT2D eigenvalue weighted by atomic mass is 32.2. The fourth-order valence-electron chi connectivity index (χ4n) is 2.94. The van der Waals surface area contributed by atoms with E-state index in [9.17, 15) is 9.50 Å². The van der Waals surface area contributed by atoms with Gasteiger partial charge in [-0.2, -0.15) is 0 Å². The van der Waals surface area contributed by atoms with Gasteiger partial charge >= 0.3 is 0 Å². The molecule has 0 amide bonds. The largest absolute Gasteiger partial charge is 0.508 e. The third-order valence-electron chi connectivity index (χ3n) is 4.40. The minimum atomic E-state index is -0.475. The van der Waals surface area contributed by atoms with Gasteiger partial charge in [-0.3, -0.25) is 0 Å². The molecule has 1 unspecified atom stereocenters. The molecule has 0 aliphatic heterocycles. The standard InChI is InChI=1S/C22H26FN3O3S/c1-4-30-20(16-8-5-6-9-18(16)27)22-25-24-21(29-22)15-10-11-19(17(23)14-15)28-13-7-12-26(2)3/h5-6,8-11,14,20,27H,4,7,12-13H2,1-3H3. The van der Waals surface area contributed by atoms with Gasteiger partial charge in [-0.25, -0.2) is 4.39 Å². The van der Waals surface area contributed by atoms with E-state index < -0.39 is 5.82 Å². The van der Waals surface area contributed by atoms with E-state index in [1.807, 2.05) is 33.2 Å². The summed E-state index contributed by atoms with van der Waals surface area (Å²) in [5.41, 5.74) is 1.18. The molecular formula is C22H26FN3O3S. The van der Waals surface area contributed by atoms with Crippen LogP contribution in [0.25, 0.3) is 11.5 Å². The molecule has 0 radical (unpaired) electrons. The van der Waals surface area contributed by atoms with Crippen molar-refractivity contribution in [3.8, 4) is 23.0 Å². The predicted octanol–water partition coefficient (Wildman–Crippen LogP) is 4.75. The lowest BCUT2D eigenvalue weighted by Gasteiger charge is -2.13. The lowest BCUT2D eigenvalue weighted by molar-refractivity contribution is 0.271. The van der Waals surface area contributed by atoms with Crippen LogP contribution in [0, 0.1) is 5.82 Å². The summed E-state index contributed by atoms with van der Waals surface area (Å²) in [6, 6.07) is 11.7. The number of aromatic hydroxyl groups is 1. The van der Waals surface area contributed by atoms with E-state index in [1.54, 1.807) is 36.0 Å². The van der Waals surface area contributed by atoms with E-state index in [4.69, 9.17) is 9.15 Å². The van der Waals surface area contributed by atoms with Crippen LogP contribution in [-0.2, 0) is 0 Å². The second kappa shape index (κ2) is 10.4. The SMILES string of the molecule is CCSC(c1nnc(-c2ccc(OCCCN(C)C)c(F)c2)o1)c1ccccc1O. The molecule has 6 nitrogen and oxygen atoms in total. The molecule has 1 atom stereocenters. The number of para-hydroxylation sites is 1. The second-order valence-corrected chi connectivity index (χ2v) is 8.37. The monoisotopic (exact) mass is 431 g/mol. The molecule has 1 aromatic heterocycles. The Balaban J connectivity index is 1.76. The summed E-state index contributed by atoms with van der Waals surface area (Å²) in [4.78, 5) is 2.05. The van der Waals surface area contributed by atoms with Gasteiger partial charge in [0.15, 0.2) is 11.6 Å². The molecule has 0 aliphatic carbocycles. The third-order valence-corrected chi connectivity index (χ3v) is 5.53. The molecule has 160 valence electrons. The van der Waals surface area contributed by atoms with Gasteiger partial charge in [0.25, 0.3) is 0 Å². The van der Waals surface area contributed by atoms with Crippen molar-refractivity contribution in [2.75, 3.05) is 33.0 Å². The lowest BCUT2D eigenvalue weighted by Crippen LogP contribution is -2.15. The zero-order chi connectivity index (χ0) is 21.5. The summed E-state index contributed by atoms with van der Waals surface area (Å²) < 4.78 is 25.8. The fraction of sp³-hybridized carbons (Fsp3) is 0.364. The number of aromatic nitrogens is 2. The number of rotatable bonds is 10. The van der Waals surface area contributed by atoms with Crippen molar-refractivity contribution in [3.05, 3.63) is 59.7 Å². The van der Waals surface area contributed by atoms with E-state index >= 15 is 0 Å². The molecule has 3 rings (SSSR count). The van der Waals surface area contributed by atoms with Gasteiger partial charge in [0.1, 0.15) is 11.0 Å². The van der Waals surface area contributed by atoms with E-state index in [0.717, 1.165) is 18.7 Å². The van der Waals surface area contributed by atoms with Crippen LogP contribution in [0.3, 0.4) is 0 Å². The van der Waals surface area contributed by atoms with Crippen LogP contribution in [0.4, 0.5) is 4.39 Å². The average molecular weight is 432 g/mol. The number of phenols is 1. The maximum absolute atomic E-state index is 14.5. The van der Waals surface area contributed by atoms with Crippen molar-refractivity contribution in [2.24, 2.45) is 0 Å². The van der Waals surface area contributed by atoms with Crippen LogP contribution in [0.5, 0.6) is 11.5 Å². The molecule has 1 N–H and O–H groups in total. The van der Waals surface area contributed by atoms with Crippen LogP contribution < -0.4 is 4.74 Å². The highest BCUT2D eigenvalue weighted by Crippen LogP contribution is 2.39. The molecule has 8 heteroatoms. The molecule has 0 saturated heterocycles. The van der Waals surface area contributed by atoms with Crippen molar-refractivity contribution in [1.82, 2.24) is 15.1 Å². The van der Waals surface area contributed by atoms with Crippen LogP contribution in [0.1, 0.15) is 30.0 Å². The van der Waals surface area contributed by atoms with Crippen LogP contribution in [0.2, 0.25) is 0 Å². The quantitative estimate of drug-likeness (QED) is 0.464. The zero-order valence-corrected chi connectivity index (χ0v) is 18.2. The first kappa shape index (κ1) is 22.1. The normalized spacial score (nSPS) is 12.3. The summed E-state index contributed by atoms with van der Waals surface area (Å²) in [5, 5.41) is 18.1. The Morgan fingerprint density at radius 1 is 1.20 bits per heavy atom. The van der Waals surface area contributed by atoms with Gasteiger partial charge < -0.3 is 19.2 Å². The highest BCUT2D eigenvalue weighted by molar-refractivity contribution is 7.99. The molecular weight excluding hydrogens is 405 g/mol. The van der Waals surface area contributed by atoms with E-state index in [2.05, 4.69) is 15.1 Å². The molecule has 3 aromatic rings. The van der Waals surface area contributed by atoms with Crippen molar-refractivity contribution in [3.63, 3.8) is 0 Å². The summed E-state index contributed by atoms with van der Waals surface area (Å²) >= 11 is 1.57. The third kappa shape index (κ3) is 5.52. The van der Waals surface area contributed by atoms with Gasteiger partial charge in [0.05, 0.1) is 6.61 Å². The topological polar surface area (TPSA) is 71.6 Å². The smallest absolute Gasteiger partial charge is 0.247 e. The van der Waals surface area contributed by atoms with Gasteiger partial charge in [0, 0.05) is 17.7 Å². The Kier molecular flexibility index (Phi) is 7.70. The molecule has 0 bridgehead atoms.